The zero-order valence-electron chi connectivity index (χ0n) is 10.8. The summed E-state index contributed by atoms with van der Waals surface area (Å²) in [4.78, 5) is 24.2. The highest BCUT2D eigenvalue weighted by Gasteiger charge is 2.25. The Morgan fingerprint density at radius 3 is 2.95 bits per heavy atom. The lowest BCUT2D eigenvalue weighted by Gasteiger charge is -2.31. The van der Waals surface area contributed by atoms with E-state index in [0.717, 1.165) is 12.8 Å². The van der Waals surface area contributed by atoms with Crippen LogP contribution in [0.1, 0.15) is 23.2 Å². The second kappa shape index (κ2) is 6.19. The van der Waals surface area contributed by atoms with Crippen LogP contribution in [0.3, 0.4) is 0 Å². The Hall–Kier alpha value is -1.66. The van der Waals surface area contributed by atoms with E-state index in [0.29, 0.717) is 13.1 Å². The van der Waals surface area contributed by atoms with Gasteiger partial charge in [0.2, 0.25) is 0 Å². The Balaban J connectivity index is 2.20. The van der Waals surface area contributed by atoms with Crippen LogP contribution >= 0.6 is 11.6 Å². The van der Waals surface area contributed by atoms with Crippen molar-refractivity contribution in [1.82, 2.24) is 4.90 Å². The van der Waals surface area contributed by atoms with E-state index in [1.165, 1.54) is 18.2 Å². The van der Waals surface area contributed by atoms with E-state index in [4.69, 9.17) is 16.7 Å². The first kappa shape index (κ1) is 14.7. The minimum atomic E-state index is -0.605. The van der Waals surface area contributed by atoms with Gasteiger partial charge in [-0.25, -0.2) is 0 Å². The van der Waals surface area contributed by atoms with Crippen molar-refractivity contribution in [1.29, 1.82) is 0 Å². The van der Waals surface area contributed by atoms with E-state index in [2.05, 4.69) is 0 Å². The molecule has 0 saturated carbocycles. The molecule has 108 valence electrons. The molecule has 1 saturated heterocycles. The zero-order chi connectivity index (χ0) is 14.7. The Kier molecular flexibility index (Phi) is 4.57. The summed E-state index contributed by atoms with van der Waals surface area (Å²) < 4.78 is 0. The van der Waals surface area contributed by atoms with E-state index in [9.17, 15) is 14.9 Å². The minimum Gasteiger partial charge on any atom is -0.396 e. The third-order valence-electron chi connectivity index (χ3n) is 3.45. The fraction of sp³-hybridized carbons (Fsp3) is 0.462. The molecule has 7 heteroatoms. The number of carbonyl (C=O) groups excluding carboxylic acids is 1. The van der Waals surface area contributed by atoms with Crippen LogP contribution in [0, 0.1) is 16.0 Å². The molecule has 20 heavy (non-hydrogen) atoms. The fourth-order valence-electron chi connectivity index (χ4n) is 2.37. The number of carbonyl (C=O) groups is 1. The largest absolute Gasteiger partial charge is 0.396 e. The van der Waals surface area contributed by atoms with Gasteiger partial charge < -0.3 is 10.0 Å². The van der Waals surface area contributed by atoms with Crippen LogP contribution in [0.2, 0.25) is 5.02 Å². The molecule has 6 nitrogen and oxygen atoms in total. The molecule has 1 aliphatic rings. The molecule has 0 aromatic heterocycles. The van der Waals surface area contributed by atoms with E-state index in [1.54, 1.807) is 4.90 Å². The van der Waals surface area contributed by atoms with Gasteiger partial charge in [0.15, 0.2) is 0 Å². The van der Waals surface area contributed by atoms with Crippen LogP contribution < -0.4 is 0 Å². The molecule has 0 spiro atoms. The number of nitrogens with zero attached hydrogens (tertiary/aromatic N) is 2. The molecule has 1 aromatic carbocycles. The van der Waals surface area contributed by atoms with Gasteiger partial charge in [-0.15, -0.1) is 0 Å². The number of rotatable bonds is 3. The molecule has 0 radical (unpaired) electrons. The molecular weight excluding hydrogens is 284 g/mol. The van der Waals surface area contributed by atoms with Gasteiger partial charge in [-0.1, -0.05) is 11.6 Å². The predicted molar refractivity (Wildman–Crippen MR) is 73.8 cm³/mol. The molecule has 0 bridgehead atoms. The summed E-state index contributed by atoms with van der Waals surface area (Å²) in [7, 11) is 0. The number of halogens is 1. The van der Waals surface area contributed by atoms with Crippen molar-refractivity contribution in [2.24, 2.45) is 5.92 Å². The number of nitro benzene ring substituents is 1. The van der Waals surface area contributed by atoms with Gasteiger partial charge in [-0.05, 0) is 30.9 Å². The molecule has 0 aliphatic carbocycles. The number of hydrogen-bond donors (Lipinski definition) is 1. The molecule has 2 rings (SSSR count). The van der Waals surface area contributed by atoms with Gasteiger partial charge in [0, 0.05) is 31.3 Å². The van der Waals surface area contributed by atoms with Crippen molar-refractivity contribution in [3.05, 3.63) is 38.9 Å². The van der Waals surface area contributed by atoms with Crippen molar-refractivity contribution >= 4 is 23.2 Å². The second-order valence-electron chi connectivity index (χ2n) is 4.87. The standard InChI is InChI=1S/C13H15ClN2O4/c14-11-4-3-10(6-12(11)16(19)20)13(18)15-5-1-2-9(7-15)8-17/h3-4,6,9,17H,1-2,5,7-8H2. The van der Waals surface area contributed by atoms with E-state index < -0.39 is 4.92 Å². The van der Waals surface area contributed by atoms with Gasteiger partial charge in [-0.3, -0.25) is 14.9 Å². The third kappa shape index (κ3) is 3.08. The lowest BCUT2D eigenvalue weighted by molar-refractivity contribution is -0.384. The summed E-state index contributed by atoms with van der Waals surface area (Å²) in [6, 6.07) is 4.05. The molecule has 1 heterocycles. The quantitative estimate of drug-likeness (QED) is 0.684. The SMILES string of the molecule is O=C(c1ccc(Cl)c([N+](=O)[O-])c1)N1CCCC(CO)C1. The molecule has 1 amide bonds. The summed E-state index contributed by atoms with van der Waals surface area (Å²) >= 11 is 5.73. The molecule has 1 aromatic rings. The lowest BCUT2D eigenvalue weighted by Crippen LogP contribution is -2.40. The molecule has 1 fully saturated rings. The summed E-state index contributed by atoms with van der Waals surface area (Å²) in [5.74, 6) is -0.182. The van der Waals surface area contributed by atoms with E-state index in [1.807, 2.05) is 0 Å². The number of benzene rings is 1. The first-order chi connectivity index (χ1) is 9.52. The summed E-state index contributed by atoms with van der Waals surface area (Å²) in [5.41, 5.74) is -0.0204. The topological polar surface area (TPSA) is 83.7 Å². The normalized spacial score (nSPS) is 18.9. The van der Waals surface area contributed by atoms with E-state index in [-0.39, 0.29) is 34.7 Å². The molecule has 1 N–H and O–H groups in total. The van der Waals surface area contributed by atoms with Crippen molar-refractivity contribution in [2.45, 2.75) is 12.8 Å². The molecular formula is C13H15ClN2O4. The smallest absolute Gasteiger partial charge is 0.288 e. The first-order valence-corrected chi connectivity index (χ1v) is 6.74. The Morgan fingerprint density at radius 2 is 2.30 bits per heavy atom. The summed E-state index contributed by atoms with van der Waals surface area (Å²) in [6.07, 6.45) is 1.72. The van der Waals surface area contributed by atoms with Gasteiger partial charge in [0.05, 0.1) is 4.92 Å². The Labute approximate surface area is 121 Å². The lowest BCUT2D eigenvalue weighted by atomic mass is 9.98. The van der Waals surface area contributed by atoms with Crippen molar-refractivity contribution < 1.29 is 14.8 Å². The maximum Gasteiger partial charge on any atom is 0.288 e. The monoisotopic (exact) mass is 298 g/mol. The Bertz CT molecular complexity index is 535. The zero-order valence-corrected chi connectivity index (χ0v) is 11.5. The average molecular weight is 299 g/mol. The average Bonchev–Trinajstić information content (AvgIpc) is 2.46. The van der Waals surface area contributed by atoms with Gasteiger partial charge in [0.1, 0.15) is 5.02 Å². The van der Waals surface area contributed by atoms with Gasteiger partial charge >= 0.3 is 0 Å². The third-order valence-corrected chi connectivity index (χ3v) is 3.77. The van der Waals surface area contributed by atoms with Crippen LogP contribution in [0.5, 0.6) is 0 Å². The van der Waals surface area contributed by atoms with Crippen LogP contribution in [0.25, 0.3) is 0 Å². The number of likely N-dealkylation sites (tertiary alicyclic amines) is 1. The molecule has 1 atom stereocenters. The number of amides is 1. The molecule has 1 aliphatic heterocycles. The summed E-state index contributed by atoms with van der Waals surface area (Å²) in [5, 5.41) is 20.0. The molecule has 1 unspecified atom stereocenters. The van der Waals surface area contributed by atoms with Gasteiger partial charge in [0.25, 0.3) is 11.6 Å². The number of piperidine rings is 1. The maximum atomic E-state index is 12.3. The van der Waals surface area contributed by atoms with Crippen LogP contribution in [-0.2, 0) is 0 Å². The maximum absolute atomic E-state index is 12.3. The fourth-order valence-corrected chi connectivity index (χ4v) is 2.55. The second-order valence-corrected chi connectivity index (χ2v) is 5.27. The number of hydrogen-bond acceptors (Lipinski definition) is 4. The van der Waals surface area contributed by atoms with Crippen molar-refractivity contribution in [3.63, 3.8) is 0 Å². The van der Waals surface area contributed by atoms with Crippen LogP contribution in [0.15, 0.2) is 18.2 Å². The highest BCUT2D eigenvalue weighted by molar-refractivity contribution is 6.32. The number of nitro groups is 1. The predicted octanol–water partition coefficient (Wildman–Crippen LogP) is 2.09. The number of aliphatic hydroxyl groups excluding tert-OH is 1. The highest BCUT2D eigenvalue weighted by atomic mass is 35.5. The van der Waals surface area contributed by atoms with Gasteiger partial charge in [-0.2, -0.15) is 0 Å². The highest BCUT2D eigenvalue weighted by Crippen LogP contribution is 2.26. The van der Waals surface area contributed by atoms with Crippen molar-refractivity contribution in [2.75, 3.05) is 19.7 Å². The first-order valence-electron chi connectivity index (χ1n) is 6.37. The number of aliphatic hydroxyl groups is 1. The van der Waals surface area contributed by atoms with Crippen molar-refractivity contribution in [3.8, 4) is 0 Å². The van der Waals surface area contributed by atoms with Crippen LogP contribution in [0.4, 0.5) is 5.69 Å². The Morgan fingerprint density at radius 1 is 1.55 bits per heavy atom. The van der Waals surface area contributed by atoms with E-state index >= 15 is 0 Å². The summed E-state index contributed by atoms with van der Waals surface area (Å²) in [6.45, 7) is 1.13. The minimum absolute atomic E-state index is 0.0124. The van der Waals surface area contributed by atoms with Crippen LogP contribution in [-0.4, -0.2) is 40.5 Å².